The van der Waals surface area contributed by atoms with E-state index in [0.29, 0.717) is 6.42 Å². The van der Waals surface area contributed by atoms with E-state index in [1.807, 2.05) is 20.3 Å². The molecule has 2 saturated heterocycles. The number of hydrogen-bond acceptors (Lipinski definition) is 8. The first kappa shape index (κ1) is 25.9. The zero-order valence-corrected chi connectivity index (χ0v) is 22.6. The van der Waals surface area contributed by atoms with Gasteiger partial charge in [0, 0.05) is 102 Å². The van der Waals surface area contributed by atoms with Gasteiger partial charge in [0.05, 0.1) is 13.2 Å². The topological polar surface area (TPSA) is 68.3 Å². The normalized spacial score (nSPS) is 20.8. The van der Waals surface area contributed by atoms with Crippen molar-refractivity contribution in [1.82, 2.24) is 24.7 Å². The van der Waals surface area contributed by atoms with Crippen LogP contribution in [-0.2, 0) is 16.0 Å². The minimum absolute atomic E-state index is 0.124. The average Bonchev–Trinajstić information content (AvgIpc) is 3.26. The quantitative estimate of drug-likeness (QED) is 0.536. The van der Waals surface area contributed by atoms with Gasteiger partial charge in [0.1, 0.15) is 5.82 Å². The van der Waals surface area contributed by atoms with Crippen molar-refractivity contribution in [3.05, 3.63) is 36.0 Å². The molecule has 3 aliphatic heterocycles. The summed E-state index contributed by atoms with van der Waals surface area (Å²) in [5.41, 5.74) is 3.42. The van der Waals surface area contributed by atoms with E-state index in [1.165, 1.54) is 5.69 Å². The lowest BCUT2D eigenvalue weighted by atomic mass is 10.1. The number of benzene rings is 1. The van der Waals surface area contributed by atoms with Gasteiger partial charge in [-0.15, -0.1) is 0 Å². The van der Waals surface area contributed by atoms with Crippen molar-refractivity contribution in [3.63, 3.8) is 0 Å². The van der Waals surface area contributed by atoms with Gasteiger partial charge in [0.15, 0.2) is 5.82 Å². The molecule has 2 aromatic rings. The minimum atomic E-state index is 0.124. The zero-order chi connectivity index (χ0) is 25.8. The van der Waals surface area contributed by atoms with Crippen molar-refractivity contribution in [2.75, 3.05) is 96.5 Å². The number of carbonyl (C=O) groups is 1. The molecule has 1 aromatic carbocycles. The smallest absolute Gasteiger partial charge is 0.224 e. The predicted molar refractivity (Wildman–Crippen MR) is 147 cm³/mol. The Labute approximate surface area is 221 Å². The fraction of sp³-hybridized carbons (Fsp3) is 0.607. The van der Waals surface area contributed by atoms with Crippen LogP contribution in [0.1, 0.15) is 18.4 Å². The summed E-state index contributed by atoms with van der Waals surface area (Å²) < 4.78 is 5.49. The fourth-order valence-corrected chi connectivity index (χ4v) is 5.50. The molecule has 2 fully saturated rings. The Kier molecular flexibility index (Phi) is 8.22. The van der Waals surface area contributed by atoms with Crippen LogP contribution in [0.25, 0.3) is 11.4 Å². The molecule has 0 aliphatic carbocycles. The van der Waals surface area contributed by atoms with E-state index in [9.17, 15) is 4.79 Å². The van der Waals surface area contributed by atoms with Crippen LogP contribution in [-0.4, -0.2) is 123 Å². The zero-order valence-electron chi connectivity index (χ0n) is 22.6. The molecule has 9 heteroatoms. The minimum Gasteiger partial charge on any atom is -0.379 e. The van der Waals surface area contributed by atoms with Crippen LogP contribution in [0.5, 0.6) is 0 Å². The Morgan fingerprint density at radius 3 is 2.46 bits per heavy atom. The van der Waals surface area contributed by atoms with Gasteiger partial charge >= 0.3 is 0 Å². The number of piperazine rings is 1. The van der Waals surface area contributed by atoms with Crippen molar-refractivity contribution >= 4 is 17.4 Å². The Morgan fingerprint density at radius 1 is 1.03 bits per heavy atom. The molecule has 37 heavy (non-hydrogen) atoms. The molecule has 200 valence electrons. The van der Waals surface area contributed by atoms with E-state index < -0.39 is 0 Å². The second-order valence-corrected chi connectivity index (χ2v) is 10.7. The summed E-state index contributed by atoms with van der Waals surface area (Å²) in [6.45, 7) is 9.83. The van der Waals surface area contributed by atoms with Crippen LogP contribution < -0.4 is 9.80 Å². The lowest BCUT2D eigenvalue weighted by Gasteiger charge is -2.34. The number of anilines is 2. The third kappa shape index (κ3) is 6.22. The average molecular weight is 508 g/mol. The largest absolute Gasteiger partial charge is 0.379 e. The lowest BCUT2D eigenvalue weighted by molar-refractivity contribution is -0.129. The summed E-state index contributed by atoms with van der Waals surface area (Å²) in [6, 6.07) is 8.78. The number of ether oxygens (including phenoxy) is 1. The van der Waals surface area contributed by atoms with Gasteiger partial charge in [-0.2, -0.15) is 0 Å². The molecular weight excluding hydrogens is 466 g/mol. The summed E-state index contributed by atoms with van der Waals surface area (Å²) in [7, 11) is 5.84. The number of nitrogens with zero attached hydrogens (tertiary/aromatic N) is 7. The van der Waals surface area contributed by atoms with Crippen LogP contribution in [0.2, 0.25) is 0 Å². The Hall–Kier alpha value is -2.75. The van der Waals surface area contributed by atoms with Gasteiger partial charge in [-0.1, -0.05) is 0 Å². The van der Waals surface area contributed by atoms with Crippen LogP contribution in [0.3, 0.4) is 0 Å². The standard InChI is InChI=1S/C28H41N7O2/c1-31(2)26(36)20-25-19-23-21-29-27(22-5-7-24(8-6-22)34-13-11-32(3)12-14-34)30-28(23)35(25)10-4-9-33-15-17-37-18-16-33/h5-8,21,25H,4,9-20H2,1-3H3. The van der Waals surface area contributed by atoms with E-state index in [1.54, 1.807) is 4.90 Å². The monoisotopic (exact) mass is 507 g/mol. The number of aromatic nitrogens is 2. The fourth-order valence-electron chi connectivity index (χ4n) is 5.50. The van der Waals surface area contributed by atoms with Gasteiger partial charge < -0.3 is 24.3 Å². The van der Waals surface area contributed by atoms with E-state index in [2.05, 4.69) is 50.9 Å². The Bertz CT molecular complexity index is 1050. The molecule has 1 unspecified atom stereocenters. The van der Waals surface area contributed by atoms with Gasteiger partial charge in [0.2, 0.25) is 5.91 Å². The molecule has 1 aromatic heterocycles. The third-order valence-corrected chi connectivity index (χ3v) is 7.89. The molecule has 3 aliphatic rings. The van der Waals surface area contributed by atoms with Gasteiger partial charge in [0.25, 0.3) is 0 Å². The van der Waals surface area contributed by atoms with Crippen LogP contribution in [0.4, 0.5) is 11.5 Å². The molecule has 4 heterocycles. The number of likely N-dealkylation sites (N-methyl/N-ethyl adjacent to an activating group) is 1. The number of morpholine rings is 1. The van der Waals surface area contributed by atoms with Crippen molar-refractivity contribution < 1.29 is 9.53 Å². The van der Waals surface area contributed by atoms with Crippen molar-refractivity contribution in [3.8, 4) is 11.4 Å². The van der Waals surface area contributed by atoms with E-state index in [4.69, 9.17) is 14.7 Å². The number of carbonyl (C=O) groups excluding carboxylic acids is 1. The van der Waals surface area contributed by atoms with Crippen molar-refractivity contribution in [2.24, 2.45) is 0 Å². The van der Waals surface area contributed by atoms with Crippen LogP contribution in [0.15, 0.2) is 30.5 Å². The van der Waals surface area contributed by atoms with Crippen LogP contribution >= 0.6 is 0 Å². The second-order valence-electron chi connectivity index (χ2n) is 10.7. The molecule has 0 N–H and O–H groups in total. The SMILES string of the molecule is CN1CCN(c2ccc(-c3ncc4c(n3)N(CCCN3CCOCC3)C(CC(=O)N(C)C)C4)cc2)CC1. The second kappa shape index (κ2) is 11.8. The molecule has 0 bridgehead atoms. The highest BCUT2D eigenvalue weighted by molar-refractivity contribution is 5.77. The van der Waals surface area contributed by atoms with E-state index in [0.717, 1.165) is 101 Å². The highest BCUT2D eigenvalue weighted by Gasteiger charge is 2.33. The first-order chi connectivity index (χ1) is 18.0. The predicted octanol–water partition coefficient (Wildman–Crippen LogP) is 1.83. The van der Waals surface area contributed by atoms with Crippen molar-refractivity contribution in [1.29, 1.82) is 0 Å². The molecule has 1 atom stereocenters. The van der Waals surface area contributed by atoms with Crippen molar-refractivity contribution in [2.45, 2.75) is 25.3 Å². The third-order valence-electron chi connectivity index (χ3n) is 7.89. The summed E-state index contributed by atoms with van der Waals surface area (Å²) in [4.78, 5) is 33.7. The summed E-state index contributed by atoms with van der Waals surface area (Å²) in [5, 5.41) is 0. The van der Waals surface area contributed by atoms with E-state index >= 15 is 0 Å². The van der Waals surface area contributed by atoms with E-state index in [-0.39, 0.29) is 11.9 Å². The Balaban J connectivity index is 1.31. The highest BCUT2D eigenvalue weighted by atomic mass is 16.5. The first-order valence-corrected chi connectivity index (χ1v) is 13.6. The van der Waals surface area contributed by atoms with Crippen LogP contribution in [0, 0.1) is 0 Å². The molecule has 0 radical (unpaired) electrons. The van der Waals surface area contributed by atoms with Gasteiger partial charge in [-0.3, -0.25) is 9.69 Å². The Morgan fingerprint density at radius 2 is 1.76 bits per heavy atom. The lowest BCUT2D eigenvalue weighted by Crippen LogP contribution is -2.44. The number of amides is 1. The molecule has 0 saturated carbocycles. The highest BCUT2D eigenvalue weighted by Crippen LogP contribution is 2.34. The number of hydrogen-bond donors (Lipinski definition) is 0. The molecule has 0 spiro atoms. The molecular formula is C28H41N7O2. The van der Waals surface area contributed by atoms with Gasteiger partial charge in [-0.05, 0) is 44.2 Å². The van der Waals surface area contributed by atoms with Gasteiger partial charge in [-0.25, -0.2) is 9.97 Å². The molecule has 1 amide bonds. The number of fused-ring (bicyclic) bond motifs is 1. The summed E-state index contributed by atoms with van der Waals surface area (Å²) >= 11 is 0. The maximum absolute atomic E-state index is 12.6. The summed E-state index contributed by atoms with van der Waals surface area (Å²) in [5.74, 6) is 1.90. The number of rotatable bonds is 8. The maximum atomic E-state index is 12.6. The first-order valence-electron chi connectivity index (χ1n) is 13.6. The molecule has 5 rings (SSSR count). The summed E-state index contributed by atoms with van der Waals surface area (Å²) in [6.07, 6.45) is 4.32. The maximum Gasteiger partial charge on any atom is 0.224 e. The molecule has 9 nitrogen and oxygen atoms in total.